The molecule has 5 aliphatic rings. The van der Waals surface area contributed by atoms with Gasteiger partial charge < -0.3 is 10.2 Å². The molecule has 0 heterocycles. The van der Waals surface area contributed by atoms with Crippen LogP contribution in [0.4, 0.5) is 0 Å². The monoisotopic (exact) mass is 442 g/mol. The van der Waals surface area contributed by atoms with Crippen molar-refractivity contribution in [3.05, 3.63) is 11.6 Å². The summed E-state index contributed by atoms with van der Waals surface area (Å²) >= 11 is 0. The molecule has 2 heteroatoms. The van der Waals surface area contributed by atoms with Crippen LogP contribution in [-0.4, -0.2) is 22.9 Å². The summed E-state index contributed by atoms with van der Waals surface area (Å²) in [6.45, 7) is 17.7. The molecule has 0 amide bonds. The molecule has 2 nitrogen and oxygen atoms in total. The molecule has 5 rings (SSSR count). The molecule has 0 saturated heterocycles. The van der Waals surface area contributed by atoms with E-state index in [4.69, 9.17) is 0 Å². The lowest BCUT2D eigenvalue weighted by Crippen LogP contribution is -2.65. The predicted octanol–water partition coefficient (Wildman–Crippen LogP) is 7.14. The van der Waals surface area contributed by atoms with Gasteiger partial charge in [-0.15, -0.1) is 0 Å². The lowest BCUT2D eigenvalue weighted by Gasteiger charge is -2.71. The summed E-state index contributed by atoms with van der Waals surface area (Å²) in [4.78, 5) is 0. The first-order chi connectivity index (χ1) is 14.8. The number of rotatable bonds is 1. The molecular formula is C30H50O2. The quantitative estimate of drug-likeness (QED) is 0.424. The first kappa shape index (κ1) is 23.4. The third kappa shape index (κ3) is 2.78. The van der Waals surface area contributed by atoms with E-state index in [-0.39, 0.29) is 23.5 Å². The Bertz CT molecular complexity index is 814. The van der Waals surface area contributed by atoms with Crippen LogP contribution < -0.4 is 0 Å². The molecule has 0 aromatic rings. The van der Waals surface area contributed by atoms with Gasteiger partial charge in [0.15, 0.2) is 0 Å². The van der Waals surface area contributed by atoms with E-state index in [0.29, 0.717) is 33.5 Å². The second-order valence-corrected chi connectivity index (χ2v) is 15.1. The van der Waals surface area contributed by atoms with Crippen LogP contribution in [0, 0.1) is 50.2 Å². The normalized spacial score (nSPS) is 56.8. The Balaban J connectivity index is 1.57. The molecular weight excluding hydrogens is 392 g/mol. The maximum Gasteiger partial charge on any atom is 0.0618 e. The smallest absolute Gasteiger partial charge is 0.0618 e. The molecule has 4 fully saturated rings. The van der Waals surface area contributed by atoms with Crippen molar-refractivity contribution < 1.29 is 10.2 Å². The van der Waals surface area contributed by atoms with Gasteiger partial charge in [0.25, 0.3) is 0 Å². The van der Waals surface area contributed by atoms with Gasteiger partial charge >= 0.3 is 0 Å². The molecule has 4 saturated carbocycles. The van der Waals surface area contributed by atoms with Crippen LogP contribution in [0.3, 0.4) is 0 Å². The van der Waals surface area contributed by atoms with Gasteiger partial charge in [-0.2, -0.15) is 0 Å². The molecule has 5 aliphatic carbocycles. The van der Waals surface area contributed by atoms with Crippen molar-refractivity contribution in [2.75, 3.05) is 6.61 Å². The maximum atomic E-state index is 10.9. The maximum absolute atomic E-state index is 10.9. The summed E-state index contributed by atoms with van der Waals surface area (Å²) in [6, 6.07) is 0. The summed E-state index contributed by atoms with van der Waals surface area (Å²) < 4.78 is 0. The Morgan fingerprint density at radius 3 is 2.22 bits per heavy atom. The molecule has 0 radical (unpaired) electrons. The fraction of sp³-hybridized carbons (Fsp3) is 0.933. The minimum atomic E-state index is -0.361. The van der Waals surface area contributed by atoms with Gasteiger partial charge in [0.2, 0.25) is 0 Å². The molecule has 0 bridgehead atoms. The molecule has 182 valence electrons. The van der Waals surface area contributed by atoms with Gasteiger partial charge in [-0.05, 0) is 109 Å². The second-order valence-electron chi connectivity index (χ2n) is 15.1. The molecule has 0 aromatic heterocycles. The average molecular weight is 443 g/mol. The van der Waals surface area contributed by atoms with Gasteiger partial charge in [-0.25, -0.2) is 0 Å². The van der Waals surface area contributed by atoms with Crippen molar-refractivity contribution >= 4 is 0 Å². The molecule has 1 unspecified atom stereocenters. The van der Waals surface area contributed by atoms with Crippen molar-refractivity contribution in [1.29, 1.82) is 0 Å². The van der Waals surface area contributed by atoms with Crippen LogP contribution in [-0.2, 0) is 0 Å². The van der Waals surface area contributed by atoms with Gasteiger partial charge in [0, 0.05) is 5.41 Å². The van der Waals surface area contributed by atoms with E-state index < -0.39 is 0 Å². The van der Waals surface area contributed by atoms with Crippen molar-refractivity contribution in [1.82, 2.24) is 0 Å². The fourth-order valence-electron chi connectivity index (χ4n) is 10.5. The summed E-state index contributed by atoms with van der Waals surface area (Å²) in [6.07, 6.45) is 14.8. The lowest BCUT2D eigenvalue weighted by molar-refractivity contribution is -0.215. The first-order valence-corrected chi connectivity index (χ1v) is 13.8. The lowest BCUT2D eigenvalue weighted by atomic mass is 9.33. The highest BCUT2D eigenvalue weighted by Crippen LogP contribution is 2.75. The number of aliphatic hydroxyl groups excluding tert-OH is 2. The summed E-state index contributed by atoms with van der Waals surface area (Å²) in [5, 5.41) is 21.3. The minimum Gasteiger partial charge on any atom is -0.396 e. The summed E-state index contributed by atoms with van der Waals surface area (Å²) in [5.41, 5.74) is 3.28. The van der Waals surface area contributed by atoms with Crippen LogP contribution in [0.25, 0.3) is 0 Å². The van der Waals surface area contributed by atoms with Gasteiger partial charge in [0.05, 0.1) is 12.7 Å². The van der Waals surface area contributed by atoms with E-state index in [1.54, 1.807) is 0 Å². The zero-order valence-corrected chi connectivity index (χ0v) is 22.1. The Kier molecular flexibility index (Phi) is 5.02. The zero-order chi connectivity index (χ0) is 23.4. The zero-order valence-electron chi connectivity index (χ0n) is 22.1. The van der Waals surface area contributed by atoms with Crippen LogP contribution in [0.5, 0.6) is 0 Å². The Morgan fingerprint density at radius 2 is 1.53 bits per heavy atom. The SMILES string of the molecule is CC1(C)CC[C@]2(C)CC[C@]3(C)C(=CC[C@H]4[C@@]5(C)CCC(O)[C@](C)(CO)[C@H]5CC[C@]43C)[C@H]2C1. The molecule has 0 aliphatic heterocycles. The highest BCUT2D eigenvalue weighted by Gasteiger charge is 2.68. The van der Waals surface area contributed by atoms with Crippen LogP contribution in [0.2, 0.25) is 0 Å². The minimum absolute atomic E-state index is 0.117. The fourth-order valence-corrected chi connectivity index (χ4v) is 10.5. The van der Waals surface area contributed by atoms with Crippen molar-refractivity contribution in [2.24, 2.45) is 50.2 Å². The van der Waals surface area contributed by atoms with Crippen molar-refractivity contribution in [3.8, 4) is 0 Å². The van der Waals surface area contributed by atoms with Gasteiger partial charge in [0.1, 0.15) is 0 Å². The standard InChI is InChI=1S/C30H50O2/c1-25(2)14-15-26(3)16-17-29(6)20(21(26)18-25)8-9-23-27(4)12-11-24(32)28(5,19-31)22(27)10-13-30(23,29)7/h8,21-24,31-32H,9-19H2,1-7H3/t21-,22+,23+,24?,26-,27+,28-,29-,30-/m1/s1. The largest absolute Gasteiger partial charge is 0.396 e. The molecule has 9 atom stereocenters. The van der Waals surface area contributed by atoms with Gasteiger partial charge in [-0.1, -0.05) is 60.1 Å². The topological polar surface area (TPSA) is 40.5 Å². The van der Waals surface area contributed by atoms with Crippen LogP contribution in [0.1, 0.15) is 113 Å². The van der Waals surface area contributed by atoms with Crippen LogP contribution in [0.15, 0.2) is 11.6 Å². The van der Waals surface area contributed by atoms with E-state index in [0.717, 1.165) is 25.2 Å². The first-order valence-electron chi connectivity index (χ1n) is 13.8. The summed E-state index contributed by atoms with van der Waals surface area (Å²) in [7, 11) is 0. The number of fused-ring (bicyclic) bond motifs is 7. The summed E-state index contributed by atoms with van der Waals surface area (Å²) in [5.74, 6) is 1.83. The number of hydrogen-bond acceptors (Lipinski definition) is 2. The predicted molar refractivity (Wildman–Crippen MR) is 132 cm³/mol. The number of allylic oxidation sites excluding steroid dienone is 2. The molecule has 0 aromatic carbocycles. The molecule has 2 N–H and O–H groups in total. The van der Waals surface area contributed by atoms with E-state index >= 15 is 0 Å². The second kappa shape index (κ2) is 6.87. The molecule has 32 heavy (non-hydrogen) atoms. The highest BCUT2D eigenvalue weighted by atomic mass is 16.3. The van der Waals surface area contributed by atoms with E-state index in [1.165, 1.54) is 44.9 Å². The third-order valence-corrected chi connectivity index (χ3v) is 13.2. The Hall–Kier alpha value is -0.340. The molecule has 0 spiro atoms. The van der Waals surface area contributed by atoms with E-state index in [2.05, 4.69) is 54.5 Å². The average Bonchev–Trinajstić information content (AvgIpc) is 2.73. The third-order valence-electron chi connectivity index (χ3n) is 13.2. The Morgan fingerprint density at radius 1 is 0.844 bits per heavy atom. The highest BCUT2D eigenvalue weighted by molar-refractivity contribution is 5.33. The number of aliphatic hydroxyl groups is 2. The van der Waals surface area contributed by atoms with Gasteiger partial charge in [-0.3, -0.25) is 0 Å². The van der Waals surface area contributed by atoms with Crippen molar-refractivity contribution in [3.63, 3.8) is 0 Å². The van der Waals surface area contributed by atoms with E-state index in [1.807, 2.05) is 5.57 Å². The van der Waals surface area contributed by atoms with Crippen molar-refractivity contribution in [2.45, 2.75) is 119 Å². The Labute approximate surface area is 197 Å². The van der Waals surface area contributed by atoms with E-state index in [9.17, 15) is 10.2 Å². The number of hydrogen-bond donors (Lipinski definition) is 2. The van der Waals surface area contributed by atoms with Crippen LogP contribution >= 0.6 is 0 Å².